The molecule has 0 aromatic rings. The highest BCUT2D eigenvalue weighted by molar-refractivity contribution is 6.16. The largest absolute Gasteiger partial charge is 0.299 e. The second-order valence-corrected chi connectivity index (χ2v) is 4.73. The van der Waals surface area contributed by atoms with E-state index in [1.807, 2.05) is 13.8 Å². The number of hydrogen-bond donors (Lipinski definition) is 0. The number of rotatable bonds is 1. The van der Waals surface area contributed by atoms with Crippen molar-refractivity contribution in [2.24, 2.45) is 11.8 Å². The van der Waals surface area contributed by atoms with Crippen molar-refractivity contribution in [3.05, 3.63) is 0 Å². The summed E-state index contributed by atoms with van der Waals surface area (Å²) >= 11 is 0. The predicted octanol–water partition coefficient (Wildman–Crippen LogP) is 2.36. The van der Waals surface area contributed by atoms with E-state index in [2.05, 4.69) is 6.92 Å². The first-order valence-corrected chi connectivity index (χ1v) is 4.73. The monoisotopic (exact) mass is 164 g/mol. The third-order valence-corrected chi connectivity index (χ3v) is 2.78. The summed E-state index contributed by atoms with van der Waals surface area (Å²) in [6, 6.07) is 0. The van der Waals surface area contributed by atoms with Gasteiger partial charge in [-0.3, -0.25) is 4.79 Å². The fourth-order valence-electron chi connectivity index (χ4n) is 1.99. The van der Waals surface area contributed by atoms with Crippen LogP contribution in [0.3, 0.4) is 0 Å². The highest BCUT2D eigenvalue weighted by atomic mass is 16.1. The SMILES string of the molecule is [B]C(C)(C)C1CCC(C)CC1=O. The molecular formula is C10H17BO. The molecule has 2 heteroatoms. The van der Waals surface area contributed by atoms with E-state index in [-0.39, 0.29) is 11.2 Å². The number of Topliss-reactive ketones (excluding diaryl/α,β-unsaturated/α-hetero) is 1. The van der Waals surface area contributed by atoms with Crippen LogP contribution in [0.1, 0.15) is 40.0 Å². The lowest BCUT2D eigenvalue weighted by Gasteiger charge is -2.35. The van der Waals surface area contributed by atoms with Crippen LogP contribution in [0.5, 0.6) is 0 Å². The summed E-state index contributed by atoms with van der Waals surface area (Å²) in [5.74, 6) is 1.02. The van der Waals surface area contributed by atoms with Crippen molar-refractivity contribution in [1.29, 1.82) is 0 Å². The lowest BCUT2D eigenvalue weighted by atomic mass is 9.58. The van der Waals surface area contributed by atoms with Crippen LogP contribution in [0.2, 0.25) is 5.31 Å². The molecule has 0 aliphatic heterocycles. The molecule has 2 unspecified atom stereocenters. The Hall–Kier alpha value is -0.265. The summed E-state index contributed by atoms with van der Waals surface area (Å²) in [5.41, 5.74) is 0. The zero-order chi connectivity index (χ0) is 9.35. The Morgan fingerprint density at radius 3 is 2.42 bits per heavy atom. The molecule has 0 amide bonds. The van der Waals surface area contributed by atoms with Gasteiger partial charge in [-0.05, 0) is 18.8 Å². The van der Waals surface area contributed by atoms with Gasteiger partial charge in [-0.1, -0.05) is 26.1 Å². The summed E-state index contributed by atoms with van der Waals surface area (Å²) in [4.78, 5) is 11.6. The lowest BCUT2D eigenvalue weighted by molar-refractivity contribution is -0.126. The van der Waals surface area contributed by atoms with Crippen molar-refractivity contribution >= 4 is 13.6 Å². The molecule has 66 valence electrons. The molecule has 1 nitrogen and oxygen atoms in total. The zero-order valence-corrected chi connectivity index (χ0v) is 8.26. The minimum Gasteiger partial charge on any atom is -0.299 e. The summed E-state index contributed by atoms with van der Waals surface area (Å²) in [6.07, 6.45) is 2.85. The second-order valence-electron chi connectivity index (χ2n) is 4.73. The van der Waals surface area contributed by atoms with Crippen LogP contribution in [0.15, 0.2) is 0 Å². The van der Waals surface area contributed by atoms with Crippen LogP contribution in [0, 0.1) is 11.8 Å². The molecule has 2 radical (unpaired) electrons. The van der Waals surface area contributed by atoms with Gasteiger partial charge in [0.25, 0.3) is 0 Å². The molecule has 2 atom stereocenters. The minimum absolute atomic E-state index is 0.0914. The molecule has 0 spiro atoms. The Balaban J connectivity index is 2.63. The average Bonchev–Trinajstić information content (AvgIpc) is 1.83. The maximum atomic E-state index is 11.6. The molecule has 0 bridgehead atoms. The molecule has 0 heterocycles. The zero-order valence-electron chi connectivity index (χ0n) is 8.26. The Kier molecular flexibility index (Phi) is 2.65. The molecule has 1 fully saturated rings. The standard InChI is InChI=1S/C10H17BO/c1-7-4-5-8(9(12)6-7)10(2,3)11/h7-8H,4-6H2,1-3H3. The molecule has 1 aliphatic rings. The van der Waals surface area contributed by atoms with Gasteiger partial charge in [-0.2, -0.15) is 0 Å². The first-order chi connectivity index (χ1) is 5.41. The normalized spacial score (nSPS) is 32.1. The summed E-state index contributed by atoms with van der Waals surface area (Å²) in [7, 11) is 5.93. The molecule has 1 aliphatic carbocycles. The molecular weight excluding hydrogens is 147 g/mol. The van der Waals surface area contributed by atoms with Crippen molar-refractivity contribution in [3.63, 3.8) is 0 Å². The second kappa shape index (κ2) is 3.23. The van der Waals surface area contributed by atoms with Crippen molar-refractivity contribution in [1.82, 2.24) is 0 Å². The minimum atomic E-state index is -0.322. The molecule has 0 N–H and O–H groups in total. The number of ketones is 1. The topological polar surface area (TPSA) is 17.1 Å². The van der Waals surface area contributed by atoms with Crippen LogP contribution in [0.4, 0.5) is 0 Å². The van der Waals surface area contributed by atoms with Gasteiger partial charge in [0, 0.05) is 12.3 Å². The quantitative estimate of drug-likeness (QED) is 0.543. The molecule has 0 aromatic carbocycles. The van der Waals surface area contributed by atoms with E-state index >= 15 is 0 Å². The third-order valence-electron chi connectivity index (χ3n) is 2.78. The van der Waals surface area contributed by atoms with Crippen molar-refractivity contribution in [3.8, 4) is 0 Å². The van der Waals surface area contributed by atoms with E-state index in [4.69, 9.17) is 7.85 Å². The van der Waals surface area contributed by atoms with E-state index in [1.165, 1.54) is 0 Å². The Labute approximate surface area is 76.3 Å². The highest BCUT2D eigenvalue weighted by Gasteiger charge is 2.34. The summed E-state index contributed by atoms with van der Waals surface area (Å²) in [5, 5.41) is -0.322. The van der Waals surface area contributed by atoms with E-state index in [1.54, 1.807) is 0 Å². The van der Waals surface area contributed by atoms with Crippen LogP contribution < -0.4 is 0 Å². The smallest absolute Gasteiger partial charge is 0.136 e. The van der Waals surface area contributed by atoms with Crippen molar-refractivity contribution in [2.45, 2.75) is 45.3 Å². The number of carbonyl (C=O) groups is 1. The van der Waals surface area contributed by atoms with Crippen LogP contribution in [-0.2, 0) is 4.79 Å². The van der Waals surface area contributed by atoms with Crippen LogP contribution >= 0.6 is 0 Å². The summed E-state index contributed by atoms with van der Waals surface area (Å²) < 4.78 is 0. The Morgan fingerprint density at radius 2 is 2.00 bits per heavy atom. The van der Waals surface area contributed by atoms with E-state index in [0.717, 1.165) is 19.3 Å². The van der Waals surface area contributed by atoms with Gasteiger partial charge < -0.3 is 0 Å². The summed E-state index contributed by atoms with van der Waals surface area (Å²) in [6.45, 7) is 6.04. The fourth-order valence-corrected chi connectivity index (χ4v) is 1.99. The van der Waals surface area contributed by atoms with Crippen LogP contribution in [-0.4, -0.2) is 13.6 Å². The highest BCUT2D eigenvalue weighted by Crippen LogP contribution is 2.40. The van der Waals surface area contributed by atoms with Gasteiger partial charge in [0.1, 0.15) is 5.78 Å². The molecule has 1 rings (SSSR count). The fraction of sp³-hybridized carbons (Fsp3) is 0.900. The van der Waals surface area contributed by atoms with Crippen molar-refractivity contribution < 1.29 is 4.79 Å². The molecule has 1 saturated carbocycles. The predicted molar refractivity (Wildman–Crippen MR) is 51.3 cm³/mol. The van der Waals surface area contributed by atoms with Gasteiger partial charge in [-0.15, -0.1) is 0 Å². The maximum absolute atomic E-state index is 11.6. The van der Waals surface area contributed by atoms with E-state index < -0.39 is 0 Å². The Morgan fingerprint density at radius 1 is 1.42 bits per heavy atom. The molecule has 0 aromatic heterocycles. The Bertz CT molecular complexity index is 181. The van der Waals surface area contributed by atoms with Gasteiger partial charge in [0.2, 0.25) is 0 Å². The first-order valence-electron chi connectivity index (χ1n) is 4.73. The molecule has 0 saturated heterocycles. The third kappa shape index (κ3) is 2.12. The first kappa shape index (κ1) is 9.82. The lowest BCUT2D eigenvalue weighted by Crippen LogP contribution is -2.31. The maximum Gasteiger partial charge on any atom is 0.136 e. The van der Waals surface area contributed by atoms with Gasteiger partial charge in [0.05, 0.1) is 7.85 Å². The van der Waals surface area contributed by atoms with Crippen LogP contribution in [0.25, 0.3) is 0 Å². The molecule has 12 heavy (non-hydrogen) atoms. The number of hydrogen-bond acceptors (Lipinski definition) is 1. The van der Waals surface area contributed by atoms with Crippen molar-refractivity contribution in [2.75, 3.05) is 0 Å². The van der Waals surface area contributed by atoms with E-state index in [9.17, 15) is 4.79 Å². The van der Waals surface area contributed by atoms with E-state index in [0.29, 0.717) is 11.7 Å². The average molecular weight is 164 g/mol. The van der Waals surface area contributed by atoms with Gasteiger partial charge in [0.15, 0.2) is 0 Å². The van der Waals surface area contributed by atoms with Gasteiger partial charge >= 0.3 is 0 Å². The number of carbonyl (C=O) groups excluding carboxylic acids is 1. The van der Waals surface area contributed by atoms with Gasteiger partial charge in [-0.25, -0.2) is 0 Å².